The summed E-state index contributed by atoms with van der Waals surface area (Å²) in [4.78, 5) is 4.71. The van der Waals surface area contributed by atoms with Gasteiger partial charge >= 0.3 is 0 Å². The van der Waals surface area contributed by atoms with E-state index in [1.54, 1.807) is 0 Å². The SMILES string of the molecule is CCc1ccc(OCC(O)Cn2c(C(C)C)nc3ccccc32)cc1. The van der Waals surface area contributed by atoms with Crippen LogP contribution in [0.25, 0.3) is 11.0 Å². The van der Waals surface area contributed by atoms with Crippen LogP contribution in [0.4, 0.5) is 0 Å². The molecule has 0 aliphatic carbocycles. The van der Waals surface area contributed by atoms with E-state index in [0.717, 1.165) is 29.0 Å². The van der Waals surface area contributed by atoms with Gasteiger partial charge in [-0.1, -0.05) is 45.0 Å². The van der Waals surface area contributed by atoms with E-state index >= 15 is 0 Å². The van der Waals surface area contributed by atoms with Crippen molar-refractivity contribution < 1.29 is 9.84 Å². The summed E-state index contributed by atoms with van der Waals surface area (Å²) >= 11 is 0. The minimum atomic E-state index is -0.596. The van der Waals surface area contributed by atoms with Gasteiger partial charge in [-0.05, 0) is 36.2 Å². The molecular weight excluding hydrogens is 312 g/mol. The molecule has 0 bridgehead atoms. The lowest BCUT2D eigenvalue weighted by atomic mass is 10.2. The van der Waals surface area contributed by atoms with Crippen molar-refractivity contribution in [2.75, 3.05) is 6.61 Å². The van der Waals surface area contributed by atoms with Crippen LogP contribution >= 0.6 is 0 Å². The number of benzene rings is 2. The van der Waals surface area contributed by atoms with Gasteiger partial charge in [0.25, 0.3) is 0 Å². The second kappa shape index (κ2) is 7.70. The largest absolute Gasteiger partial charge is 0.491 e. The highest BCUT2D eigenvalue weighted by Crippen LogP contribution is 2.22. The lowest BCUT2D eigenvalue weighted by molar-refractivity contribution is 0.0925. The van der Waals surface area contributed by atoms with Crippen LogP contribution < -0.4 is 4.74 Å². The molecule has 2 aromatic carbocycles. The minimum Gasteiger partial charge on any atom is -0.491 e. The molecule has 1 N–H and O–H groups in total. The number of ether oxygens (including phenoxy) is 1. The van der Waals surface area contributed by atoms with Crippen molar-refractivity contribution in [3.63, 3.8) is 0 Å². The van der Waals surface area contributed by atoms with Gasteiger partial charge < -0.3 is 14.4 Å². The van der Waals surface area contributed by atoms with Crippen molar-refractivity contribution in [2.45, 2.75) is 45.8 Å². The van der Waals surface area contributed by atoms with E-state index < -0.39 is 6.10 Å². The van der Waals surface area contributed by atoms with E-state index in [9.17, 15) is 5.11 Å². The Morgan fingerprint density at radius 2 is 1.80 bits per heavy atom. The van der Waals surface area contributed by atoms with Gasteiger partial charge in [0.2, 0.25) is 0 Å². The van der Waals surface area contributed by atoms with E-state index in [4.69, 9.17) is 9.72 Å². The number of aromatic nitrogens is 2. The highest BCUT2D eigenvalue weighted by Gasteiger charge is 2.16. The number of para-hydroxylation sites is 2. The Kier molecular flexibility index (Phi) is 5.39. The first-order chi connectivity index (χ1) is 12.1. The van der Waals surface area contributed by atoms with E-state index in [-0.39, 0.29) is 6.61 Å². The summed E-state index contributed by atoms with van der Waals surface area (Å²) in [7, 11) is 0. The summed E-state index contributed by atoms with van der Waals surface area (Å²) in [6.07, 6.45) is 0.412. The number of hydrogen-bond acceptors (Lipinski definition) is 3. The van der Waals surface area contributed by atoms with Gasteiger partial charge in [0.05, 0.1) is 17.6 Å². The summed E-state index contributed by atoms with van der Waals surface area (Å²) in [6.45, 7) is 7.10. The normalized spacial score (nSPS) is 12.7. The zero-order valence-electron chi connectivity index (χ0n) is 15.1. The first-order valence-electron chi connectivity index (χ1n) is 8.93. The van der Waals surface area contributed by atoms with E-state index in [1.807, 2.05) is 36.4 Å². The number of aryl methyl sites for hydroxylation is 1. The Morgan fingerprint density at radius 3 is 2.48 bits per heavy atom. The first-order valence-corrected chi connectivity index (χ1v) is 8.93. The van der Waals surface area contributed by atoms with Crippen molar-refractivity contribution in [1.82, 2.24) is 9.55 Å². The number of aliphatic hydroxyl groups is 1. The van der Waals surface area contributed by atoms with Gasteiger partial charge in [-0.2, -0.15) is 0 Å². The second-order valence-corrected chi connectivity index (χ2v) is 6.69. The number of nitrogens with zero attached hydrogens (tertiary/aromatic N) is 2. The third kappa shape index (κ3) is 4.02. The summed E-state index contributed by atoms with van der Waals surface area (Å²) in [5.41, 5.74) is 3.30. The summed E-state index contributed by atoms with van der Waals surface area (Å²) in [5.74, 6) is 2.07. The fourth-order valence-corrected chi connectivity index (χ4v) is 3.00. The Labute approximate surface area is 149 Å². The van der Waals surface area contributed by atoms with Crippen molar-refractivity contribution >= 4 is 11.0 Å². The maximum absolute atomic E-state index is 10.5. The smallest absolute Gasteiger partial charge is 0.119 e. The quantitative estimate of drug-likeness (QED) is 0.703. The molecule has 0 aliphatic rings. The van der Waals surface area contributed by atoms with Gasteiger partial charge in [-0.25, -0.2) is 4.98 Å². The third-order valence-corrected chi connectivity index (χ3v) is 4.37. The third-order valence-electron chi connectivity index (χ3n) is 4.37. The molecule has 0 amide bonds. The Bertz CT molecular complexity index is 822. The topological polar surface area (TPSA) is 47.3 Å². The number of imidazole rings is 1. The molecule has 4 nitrogen and oxygen atoms in total. The van der Waals surface area contributed by atoms with Crippen molar-refractivity contribution in [3.05, 3.63) is 59.9 Å². The predicted octanol–water partition coefficient (Wildman–Crippen LogP) is 4.16. The highest BCUT2D eigenvalue weighted by atomic mass is 16.5. The molecule has 0 saturated carbocycles. The van der Waals surface area contributed by atoms with Crippen LogP contribution in [0, 0.1) is 0 Å². The fraction of sp³-hybridized carbons (Fsp3) is 0.381. The molecule has 25 heavy (non-hydrogen) atoms. The van der Waals surface area contributed by atoms with Gasteiger partial charge in [0.15, 0.2) is 0 Å². The molecule has 132 valence electrons. The Morgan fingerprint density at radius 1 is 1.08 bits per heavy atom. The Balaban J connectivity index is 1.70. The average Bonchev–Trinajstić information content (AvgIpc) is 2.99. The summed E-state index contributed by atoms with van der Waals surface area (Å²) < 4.78 is 7.85. The summed E-state index contributed by atoms with van der Waals surface area (Å²) in [6, 6.07) is 16.1. The Hall–Kier alpha value is -2.33. The number of fused-ring (bicyclic) bond motifs is 1. The predicted molar refractivity (Wildman–Crippen MR) is 101 cm³/mol. The van der Waals surface area contributed by atoms with Crippen LogP contribution in [0.1, 0.15) is 38.1 Å². The molecule has 1 heterocycles. The van der Waals surface area contributed by atoms with Gasteiger partial charge in [-0.15, -0.1) is 0 Å². The average molecular weight is 338 g/mol. The molecule has 0 saturated heterocycles. The molecular formula is C21H26N2O2. The highest BCUT2D eigenvalue weighted by molar-refractivity contribution is 5.76. The molecule has 1 atom stereocenters. The molecule has 1 unspecified atom stereocenters. The van der Waals surface area contributed by atoms with E-state index in [2.05, 4.69) is 37.5 Å². The van der Waals surface area contributed by atoms with Gasteiger partial charge in [-0.3, -0.25) is 0 Å². The van der Waals surface area contributed by atoms with E-state index in [1.165, 1.54) is 5.56 Å². The molecule has 0 aliphatic heterocycles. The first kappa shape index (κ1) is 17.5. The molecule has 3 rings (SSSR count). The molecule has 3 aromatic rings. The van der Waals surface area contributed by atoms with Crippen LogP contribution in [0.3, 0.4) is 0 Å². The minimum absolute atomic E-state index is 0.259. The summed E-state index contributed by atoms with van der Waals surface area (Å²) in [5, 5.41) is 10.5. The molecule has 4 heteroatoms. The van der Waals surface area contributed by atoms with Crippen molar-refractivity contribution in [1.29, 1.82) is 0 Å². The van der Waals surface area contributed by atoms with Gasteiger partial charge in [0.1, 0.15) is 24.3 Å². The van der Waals surface area contributed by atoms with Crippen LogP contribution in [0.5, 0.6) is 5.75 Å². The lowest BCUT2D eigenvalue weighted by Crippen LogP contribution is -2.24. The van der Waals surface area contributed by atoms with Crippen LogP contribution in [-0.2, 0) is 13.0 Å². The number of rotatable bonds is 7. The molecule has 0 radical (unpaired) electrons. The zero-order chi connectivity index (χ0) is 17.8. The van der Waals surface area contributed by atoms with Crippen LogP contribution in [0.2, 0.25) is 0 Å². The molecule has 1 aromatic heterocycles. The van der Waals surface area contributed by atoms with Crippen molar-refractivity contribution in [2.24, 2.45) is 0 Å². The van der Waals surface area contributed by atoms with Gasteiger partial charge in [0, 0.05) is 5.92 Å². The van der Waals surface area contributed by atoms with Crippen LogP contribution in [0.15, 0.2) is 48.5 Å². The standard InChI is InChI=1S/C21H26N2O2/c1-4-16-9-11-18(12-10-16)25-14-17(24)13-23-20-8-6-5-7-19(20)22-21(23)15(2)3/h5-12,15,17,24H,4,13-14H2,1-3H3. The van der Waals surface area contributed by atoms with E-state index in [0.29, 0.717) is 12.5 Å². The lowest BCUT2D eigenvalue weighted by Gasteiger charge is -2.17. The molecule has 0 spiro atoms. The van der Waals surface area contributed by atoms with Crippen molar-refractivity contribution in [3.8, 4) is 5.75 Å². The maximum atomic E-state index is 10.5. The monoisotopic (exact) mass is 338 g/mol. The number of aliphatic hydroxyl groups excluding tert-OH is 1. The fourth-order valence-electron chi connectivity index (χ4n) is 3.00. The van der Waals surface area contributed by atoms with Crippen LogP contribution in [-0.4, -0.2) is 27.4 Å². The molecule has 0 fully saturated rings. The zero-order valence-corrected chi connectivity index (χ0v) is 15.1. The maximum Gasteiger partial charge on any atom is 0.119 e. The second-order valence-electron chi connectivity index (χ2n) is 6.69. The number of hydrogen-bond donors (Lipinski definition) is 1.